The van der Waals surface area contributed by atoms with Crippen LogP contribution in [0.2, 0.25) is 0 Å². The normalized spacial score (nSPS) is 23.2. The fourth-order valence-corrected chi connectivity index (χ4v) is 7.51. The van der Waals surface area contributed by atoms with Gasteiger partial charge in [-0.1, -0.05) is 36.3 Å². The molecule has 2 atom stereocenters. The summed E-state index contributed by atoms with van der Waals surface area (Å²) in [6.45, 7) is 1.30. The number of rotatable bonds is 5. The van der Waals surface area contributed by atoms with Gasteiger partial charge in [-0.15, -0.1) is 6.42 Å². The summed E-state index contributed by atoms with van der Waals surface area (Å²) in [6.07, 6.45) is 6.41. The Bertz CT molecular complexity index is 1350. The monoisotopic (exact) mass is 529 g/mol. The Labute approximate surface area is 215 Å². The molecule has 0 spiro atoms. The van der Waals surface area contributed by atoms with Crippen LogP contribution in [0.1, 0.15) is 54.5 Å². The Kier molecular flexibility index (Phi) is 7.40. The molecular formula is C27H29F2N3O4S. The van der Waals surface area contributed by atoms with E-state index in [1.807, 2.05) is 0 Å². The molecule has 2 N–H and O–H groups in total. The van der Waals surface area contributed by atoms with Crippen LogP contribution in [-0.4, -0.2) is 48.6 Å². The third kappa shape index (κ3) is 4.86. The quantitative estimate of drug-likeness (QED) is 0.602. The zero-order valence-corrected chi connectivity index (χ0v) is 21.3. The Morgan fingerprint density at radius 3 is 2.32 bits per heavy atom. The van der Waals surface area contributed by atoms with Crippen molar-refractivity contribution in [3.05, 3.63) is 70.8 Å². The molecule has 196 valence electrons. The number of benzene rings is 2. The number of amides is 2. The Morgan fingerprint density at radius 1 is 1.11 bits per heavy atom. The van der Waals surface area contributed by atoms with Crippen molar-refractivity contribution in [1.29, 1.82) is 0 Å². The number of primary amides is 1. The Hall–Kier alpha value is -3.29. The molecule has 0 saturated carbocycles. The molecule has 0 aromatic heterocycles. The molecule has 2 saturated heterocycles. The van der Waals surface area contributed by atoms with Crippen LogP contribution in [0.4, 0.5) is 8.78 Å². The molecule has 4 rings (SSSR count). The van der Waals surface area contributed by atoms with Gasteiger partial charge in [0.05, 0.1) is 11.5 Å². The molecule has 2 aliphatic rings. The minimum absolute atomic E-state index is 0.0516. The van der Waals surface area contributed by atoms with Gasteiger partial charge in [-0.25, -0.2) is 17.2 Å². The Balaban J connectivity index is 1.68. The third-order valence-corrected chi connectivity index (χ3v) is 9.88. The average Bonchev–Trinajstić information content (AvgIpc) is 2.87. The molecule has 0 radical (unpaired) electrons. The van der Waals surface area contributed by atoms with E-state index in [0.29, 0.717) is 18.4 Å². The first-order valence-corrected chi connectivity index (χ1v) is 13.6. The number of halogens is 2. The number of sulfonamides is 1. The van der Waals surface area contributed by atoms with Crippen molar-refractivity contribution >= 4 is 21.8 Å². The van der Waals surface area contributed by atoms with Crippen molar-refractivity contribution in [1.82, 2.24) is 9.21 Å². The van der Waals surface area contributed by atoms with Crippen molar-refractivity contribution in [3.63, 3.8) is 0 Å². The van der Waals surface area contributed by atoms with Crippen molar-refractivity contribution in [3.8, 4) is 12.3 Å². The van der Waals surface area contributed by atoms with Crippen molar-refractivity contribution < 1.29 is 26.8 Å². The maximum Gasteiger partial charge on any atom is 0.228 e. The van der Waals surface area contributed by atoms with Gasteiger partial charge < -0.3 is 10.6 Å². The van der Waals surface area contributed by atoms with Gasteiger partial charge in [0.2, 0.25) is 21.8 Å². The number of hydrogen-bond acceptors (Lipinski definition) is 4. The van der Waals surface area contributed by atoms with Gasteiger partial charge in [0.15, 0.2) is 0 Å². The van der Waals surface area contributed by atoms with E-state index in [9.17, 15) is 18.0 Å². The highest BCUT2D eigenvalue weighted by Gasteiger charge is 2.45. The number of likely N-dealkylation sites (tertiary alicyclic amines) is 1. The highest BCUT2D eigenvalue weighted by Crippen LogP contribution is 2.40. The smallest absolute Gasteiger partial charge is 0.228 e. The minimum atomic E-state index is -3.99. The number of terminal acetylenes is 1. The summed E-state index contributed by atoms with van der Waals surface area (Å²) in [5.74, 6) is -0.243. The second-order valence-corrected chi connectivity index (χ2v) is 11.7. The maximum atomic E-state index is 15.5. The predicted molar refractivity (Wildman–Crippen MR) is 134 cm³/mol. The fourth-order valence-electron chi connectivity index (χ4n) is 5.41. The SMILES string of the molecule is C#C[C@H]1CC[C@H](c2ccccc2)S(=O)(=O)N1Cc1cc(F)c(C2(C(N)=O)CCN(C(C)=O)CC2)cc1F. The summed E-state index contributed by atoms with van der Waals surface area (Å²) in [5.41, 5.74) is 4.40. The lowest BCUT2D eigenvalue weighted by Gasteiger charge is -2.40. The molecule has 7 nitrogen and oxygen atoms in total. The second kappa shape index (κ2) is 10.2. The summed E-state index contributed by atoms with van der Waals surface area (Å²) in [7, 11) is -3.99. The lowest BCUT2D eigenvalue weighted by Crippen LogP contribution is -2.51. The number of nitrogens with two attached hydrogens (primary N) is 1. The summed E-state index contributed by atoms with van der Waals surface area (Å²) < 4.78 is 59.1. The van der Waals surface area contributed by atoms with Crippen LogP contribution < -0.4 is 5.73 Å². The van der Waals surface area contributed by atoms with Crippen LogP contribution in [0.3, 0.4) is 0 Å². The molecule has 2 heterocycles. The number of piperidine rings is 1. The van der Waals surface area contributed by atoms with E-state index in [-0.39, 0.29) is 43.0 Å². The molecule has 2 fully saturated rings. The van der Waals surface area contributed by atoms with Crippen LogP contribution in [-0.2, 0) is 31.6 Å². The number of carbonyl (C=O) groups excluding carboxylic acids is 2. The molecule has 0 aliphatic carbocycles. The molecule has 2 amide bonds. The lowest BCUT2D eigenvalue weighted by atomic mass is 9.71. The summed E-state index contributed by atoms with van der Waals surface area (Å²) >= 11 is 0. The largest absolute Gasteiger partial charge is 0.369 e. The average molecular weight is 530 g/mol. The molecule has 10 heteroatoms. The molecule has 2 aliphatic heterocycles. The van der Waals surface area contributed by atoms with Crippen molar-refractivity contribution in [2.24, 2.45) is 5.73 Å². The molecule has 37 heavy (non-hydrogen) atoms. The summed E-state index contributed by atoms with van der Waals surface area (Å²) in [5, 5.41) is -0.852. The number of hydrogen-bond donors (Lipinski definition) is 1. The zero-order chi connectivity index (χ0) is 27.0. The Morgan fingerprint density at radius 2 is 1.76 bits per heavy atom. The molecule has 0 unspecified atom stereocenters. The van der Waals surface area contributed by atoms with Gasteiger partial charge in [0, 0.05) is 37.7 Å². The van der Waals surface area contributed by atoms with Crippen LogP contribution in [0.15, 0.2) is 42.5 Å². The van der Waals surface area contributed by atoms with E-state index in [1.54, 1.807) is 30.3 Å². The topological polar surface area (TPSA) is 101 Å². The fraction of sp³-hybridized carbons (Fsp3) is 0.407. The zero-order valence-electron chi connectivity index (χ0n) is 20.5. The van der Waals surface area contributed by atoms with Crippen LogP contribution >= 0.6 is 0 Å². The van der Waals surface area contributed by atoms with Gasteiger partial charge in [0.25, 0.3) is 0 Å². The van der Waals surface area contributed by atoms with E-state index in [2.05, 4.69) is 5.92 Å². The van der Waals surface area contributed by atoms with Crippen molar-refractivity contribution in [2.45, 2.75) is 55.9 Å². The lowest BCUT2D eigenvalue weighted by molar-refractivity contribution is -0.134. The first kappa shape index (κ1) is 26.8. The van der Waals surface area contributed by atoms with Gasteiger partial charge in [-0.05, 0) is 43.4 Å². The predicted octanol–water partition coefficient (Wildman–Crippen LogP) is 3.00. The number of carbonyl (C=O) groups is 2. The van der Waals surface area contributed by atoms with Crippen LogP contribution in [0.5, 0.6) is 0 Å². The van der Waals surface area contributed by atoms with Crippen LogP contribution in [0.25, 0.3) is 0 Å². The van der Waals surface area contributed by atoms with Crippen molar-refractivity contribution in [2.75, 3.05) is 13.1 Å². The standard InChI is InChI=1S/C27H29F2N3O4S/c1-3-21-9-10-25(19-7-5-4-6-8-19)37(35,36)32(21)17-20-15-24(29)22(16-23(20)28)27(26(30)34)11-13-31(14-12-27)18(2)33/h1,4-8,15-16,21,25H,9-14,17H2,2H3,(H2,30,34)/t21-,25+/m0/s1. The summed E-state index contributed by atoms with van der Waals surface area (Å²) in [4.78, 5) is 25.7. The molecule has 2 aromatic carbocycles. The molecule has 2 aromatic rings. The highest BCUT2D eigenvalue weighted by molar-refractivity contribution is 7.89. The van der Waals surface area contributed by atoms with Crippen LogP contribution in [0, 0.1) is 24.0 Å². The van der Waals surface area contributed by atoms with E-state index in [0.717, 1.165) is 16.4 Å². The van der Waals surface area contributed by atoms with E-state index >= 15 is 8.78 Å². The van der Waals surface area contributed by atoms with E-state index < -0.39 is 50.8 Å². The van der Waals surface area contributed by atoms with Gasteiger partial charge in [-0.2, -0.15) is 4.31 Å². The summed E-state index contributed by atoms with van der Waals surface area (Å²) in [6, 6.07) is 9.73. The third-order valence-electron chi connectivity index (χ3n) is 7.61. The second-order valence-electron chi connectivity index (χ2n) is 9.63. The highest BCUT2D eigenvalue weighted by atomic mass is 32.2. The molecule has 0 bridgehead atoms. The van der Waals surface area contributed by atoms with Gasteiger partial charge in [-0.3, -0.25) is 9.59 Å². The molecular weight excluding hydrogens is 500 g/mol. The van der Waals surface area contributed by atoms with Gasteiger partial charge >= 0.3 is 0 Å². The minimum Gasteiger partial charge on any atom is -0.369 e. The van der Waals surface area contributed by atoms with E-state index in [4.69, 9.17) is 12.2 Å². The maximum absolute atomic E-state index is 15.5. The first-order chi connectivity index (χ1) is 17.5. The van der Waals surface area contributed by atoms with E-state index in [1.165, 1.54) is 11.8 Å². The number of nitrogens with zero attached hydrogens (tertiary/aromatic N) is 2. The first-order valence-electron chi connectivity index (χ1n) is 12.1. The van der Waals surface area contributed by atoms with Gasteiger partial charge in [0.1, 0.15) is 16.9 Å².